The summed E-state index contributed by atoms with van der Waals surface area (Å²) >= 11 is 0. The minimum Gasteiger partial charge on any atom is -0.497 e. The van der Waals surface area contributed by atoms with Crippen molar-refractivity contribution >= 4 is 11.4 Å². The van der Waals surface area contributed by atoms with Gasteiger partial charge in [0.05, 0.1) is 18.5 Å². The van der Waals surface area contributed by atoms with Gasteiger partial charge in [0.1, 0.15) is 18.1 Å². The molecule has 4 nitrogen and oxygen atoms in total. The van der Waals surface area contributed by atoms with Crippen molar-refractivity contribution in [2.24, 2.45) is 0 Å². The molecule has 18 heavy (non-hydrogen) atoms. The van der Waals surface area contributed by atoms with Crippen molar-refractivity contribution in [3.05, 3.63) is 48.0 Å². The van der Waals surface area contributed by atoms with Crippen LogP contribution < -0.4 is 20.9 Å². The Bertz CT molecular complexity index is 541. The minimum absolute atomic E-state index is 0.459. The maximum Gasteiger partial charge on any atom is 0.122 e. The molecule has 4 N–H and O–H groups in total. The number of methoxy groups -OCH3 is 1. The van der Waals surface area contributed by atoms with E-state index in [2.05, 4.69) is 0 Å². The van der Waals surface area contributed by atoms with Gasteiger partial charge in [-0.25, -0.2) is 0 Å². The average Bonchev–Trinajstić information content (AvgIpc) is 2.40. The molecule has 0 aromatic heterocycles. The van der Waals surface area contributed by atoms with E-state index < -0.39 is 0 Å². The molecule has 0 unspecified atom stereocenters. The smallest absolute Gasteiger partial charge is 0.122 e. The molecule has 0 aliphatic heterocycles. The summed E-state index contributed by atoms with van der Waals surface area (Å²) in [6, 6.07) is 13.0. The molecule has 0 amide bonds. The summed E-state index contributed by atoms with van der Waals surface area (Å²) in [5.41, 5.74) is 13.5. The van der Waals surface area contributed by atoms with E-state index in [9.17, 15) is 0 Å². The molecule has 0 spiro atoms. The van der Waals surface area contributed by atoms with Crippen LogP contribution in [0.2, 0.25) is 0 Å². The lowest BCUT2D eigenvalue weighted by molar-refractivity contribution is 0.305. The Morgan fingerprint density at radius 1 is 0.944 bits per heavy atom. The Labute approximate surface area is 106 Å². The summed E-state index contributed by atoms with van der Waals surface area (Å²) in [5, 5.41) is 0. The lowest BCUT2D eigenvalue weighted by Crippen LogP contribution is -1.98. The van der Waals surface area contributed by atoms with Gasteiger partial charge in [-0.15, -0.1) is 0 Å². The van der Waals surface area contributed by atoms with Gasteiger partial charge in [0.25, 0.3) is 0 Å². The lowest BCUT2D eigenvalue weighted by atomic mass is 10.2. The van der Waals surface area contributed by atoms with E-state index >= 15 is 0 Å². The van der Waals surface area contributed by atoms with Crippen LogP contribution in [-0.2, 0) is 6.61 Å². The molecule has 0 heterocycles. The van der Waals surface area contributed by atoms with Crippen LogP contribution in [0.1, 0.15) is 5.56 Å². The molecule has 0 saturated carbocycles. The molecule has 94 valence electrons. The van der Waals surface area contributed by atoms with E-state index in [0.717, 1.165) is 11.3 Å². The molecule has 4 heteroatoms. The van der Waals surface area contributed by atoms with Crippen LogP contribution in [0.3, 0.4) is 0 Å². The predicted molar refractivity (Wildman–Crippen MR) is 72.6 cm³/mol. The first-order valence-electron chi connectivity index (χ1n) is 5.60. The van der Waals surface area contributed by atoms with E-state index in [1.54, 1.807) is 25.3 Å². The van der Waals surface area contributed by atoms with Crippen molar-refractivity contribution in [1.82, 2.24) is 0 Å². The molecule has 0 radical (unpaired) electrons. The summed E-state index contributed by atoms with van der Waals surface area (Å²) < 4.78 is 10.8. The Balaban J connectivity index is 2.04. The van der Waals surface area contributed by atoms with Gasteiger partial charge in [0.2, 0.25) is 0 Å². The maximum atomic E-state index is 5.71. The first kappa shape index (κ1) is 12.1. The van der Waals surface area contributed by atoms with Gasteiger partial charge < -0.3 is 20.9 Å². The third kappa shape index (κ3) is 2.85. The third-order valence-electron chi connectivity index (χ3n) is 2.60. The molecule has 2 rings (SSSR count). The van der Waals surface area contributed by atoms with E-state index in [-0.39, 0.29) is 0 Å². The van der Waals surface area contributed by atoms with Crippen LogP contribution in [0.15, 0.2) is 42.5 Å². The van der Waals surface area contributed by atoms with Crippen LogP contribution >= 0.6 is 0 Å². The zero-order valence-electron chi connectivity index (χ0n) is 10.2. The molecule has 0 aliphatic rings. The van der Waals surface area contributed by atoms with Crippen LogP contribution in [-0.4, -0.2) is 7.11 Å². The van der Waals surface area contributed by atoms with Gasteiger partial charge in [-0.3, -0.25) is 0 Å². The lowest BCUT2D eigenvalue weighted by Gasteiger charge is -2.09. The molecule has 0 fully saturated rings. The normalized spacial score (nSPS) is 10.1. The van der Waals surface area contributed by atoms with Gasteiger partial charge in [-0.05, 0) is 29.8 Å². The number of nitrogen functional groups attached to an aromatic ring is 2. The monoisotopic (exact) mass is 244 g/mol. The Hall–Kier alpha value is -2.36. The van der Waals surface area contributed by atoms with Crippen LogP contribution in [0, 0.1) is 0 Å². The third-order valence-corrected chi connectivity index (χ3v) is 2.60. The molecule has 2 aromatic rings. The molecule has 0 saturated heterocycles. The quantitative estimate of drug-likeness (QED) is 0.810. The highest BCUT2D eigenvalue weighted by Crippen LogP contribution is 2.22. The number of hydrogen-bond acceptors (Lipinski definition) is 4. The van der Waals surface area contributed by atoms with Crippen LogP contribution in [0.4, 0.5) is 11.4 Å². The van der Waals surface area contributed by atoms with E-state index in [1.807, 2.05) is 24.3 Å². The minimum atomic E-state index is 0.459. The van der Waals surface area contributed by atoms with Crippen molar-refractivity contribution < 1.29 is 9.47 Å². The molecule has 0 aliphatic carbocycles. The zero-order valence-corrected chi connectivity index (χ0v) is 10.2. The maximum absolute atomic E-state index is 5.71. The second-order valence-corrected chi connectivity index (χ2v) is 3.93. The molecule has 0 atom stereocenters. The fourth-order valence-corrected chi connectivity index (χ4v) is 1.57. The van der Waals surface area contributed by atoms with Gasteiger partial charge in [-0.1, -0.05) is 12.1 Å². The van der Waals surface area contributed by atoms with Crippen molar-refractivity contribution in [2.75, 3.05) is 18.6 Å². The van der Waals surface area contributed by atoms with Crippen LogP contribution in [0.25, 0.3) is 0 Å². The number of nitrogens with two attached hydrogens (primary N) is 2. The van der Waals surface area contributed by atoms with Crippen molar-refractivity contribution in [3.8, 4) is 11.5 Å². The highest BCUT2D eigenvalue weighted by Gasteiger charge is 2.00. The second-order valence-electron chi connectivity index (χ2n) is 3.93. The van der Waals surface area contributed by atoms with Crippen molar-refractivity contribution in [1.29, 1.82) is 0 Å². The summed E-state index contributed by atoms with van der Waals surface area (Å²) in [4.78, 5) is 0. The van der Waals surface area contributed by atoms with Gasteiger partial charge in [0.15, 0.2) is 0 Å². The molecule has 2 aromatic carbocycles. The largest absolute Gasteiger partial charge is 0.497 e. The first-order chi connectivity index (χ1) is 8.69. The Morgan fingerprint density at radius 3 is 2.50 bits per heavy atom. The fraction of sp³-hybridized carbons (Fsp3) is 0.143. The SMILES string of the molecule is COc1cccc(COc2ccc(N)c(N)c2)c1. The number of ether oxygens (including phenoxy) is 2. The fourth-order valence-electron chi connectivity index (χ4n) is 1.57. The highest BCUT2D eigenvalue weighted by atomic mass is 16.5. The number of rotatable bonds is 4. The first-order valence-corrected chi connectivity index (χ1v) is 5.60. The number of hydrogen-bond donors (Lipinski definition) is 2. The van der Waals surface area contributed by atoms with E-state index in [4.69, 9.17) is 20.9 Å². The van der Waals surface area contributed by atoms with Gasteiger partial charge in [0, 0.05) is 6.07 Å². The van der Waals surface area contributed by atoms with Crippen molar-refractivity contribution in [3.63, 3.8) is 0 Å². The summed E-state index contributed by atoms with van der Waals surface area (Å²) in [7, 11) is 1.64. The molecular formula is C14H16N2O2. The van der Waals surface area contributed by atoms with Crippen LogP contribution in [0.5, 0.6) is 11.5 Å². The molecule has 0 bridgehead atoms. The van der Waals surface area contributed by atoms with E-state index in [0.29, 0.717) is 23.7 Å². The number of benzene rings is 2. The standard InChI is InChI=1S/C14H16N2O2/c1-17-11-4-2-3-10(7-11)9-18-12-5-6-13(15)14(16)8-12/h2-8H,9,15-16H2,1H3. The van der Waals surface area contributed by atoms with E-state index in [1.165, 1.54) is 0 Å². The summed E-state index contributed by atoms with van der Waals surface area (Å²) in [6.07, 6.45) is 0. The highest BCUT2D eigenvalue weighted by molar-refractivity contribution is 5.65. The van der Waals surface area contributed by atoms with Gasteiger partial charge in [-0.2, -0.15) is 0 Å². The van der Waals surface area contributed by atoms with Gasteiger partial charge >= 0.3 is 0 Å². The Kier molecular flexibility index (Phi) is 3.57. The zero-order chi connectivity index (χ0) is 13.0. The Morgan fingerprint density at radius 2 is 1.78 bits per heavy atom. The summed E-state index contributed by atoms with van der Waals surface area (Å²) in [6.45, 7) is 0.459. The molecular weight excluding hydrogens is 228 g/mol. The predicted octanol–water partition coefficient (Wildman–Crippen LogP) is 2.44. The average molecular weight is 244 g/mol. The number of anilines is 2. The summed E-state index contributed by atoms with van der Waals surface area (Å²) in [5.74, 6) is 1.51. The topological polar surface area (TPSA) is 70.5 Å². The second kappa shape index (κ2) is 5.31. The van der Waals surface area contributed by atoms with Crippen molar-refractivity contribution in [2.45, 2.75) is 6.61 Å².